The van der Waals surface area contributed by atoms with Crippen LogP contribution in [0.25, 0.3) is 0 Å². The van der Waals surface area contributed by atoms with Crippen molar-refractivity contribution in [1.29, 1.82) is 0 Å². The fourth-order valence-electron chi connectivity index (χ4n) is 1.05. The third kappa shape index (κ3) is 2.33. The van der Waals surface area contributed by atoms with Crippen LogP contribution in [0.15, 0.2) is 0 Å². The largest absolute Gasteiger partial charge is 0.379 e. The molecule has 1 saturated heterocycles. The van der Waals surface area contributed by atoms with E-state index >= 15 is 0 Å². The van der Waals surface area contributed by atoms with Gasteiger partial charge < -0.3 is 10.1 Å². The van der Waals surface area contributed by atoms with E-state index in [0.29, 0.717) is 6.04 Å². The highest BCUT2D eigenvalue weighted by Crippen LogP contribution is 1.99. The molecule has 1 fully saturated rings. The minimum absolute atomic E-state index is 0.566. The van der Waals surface area contributed by atoms with Crippen LogP contribution in [0, 0.1) is 6.92 Å². The van der Waals surface area contributed by atoms with E-state index in [2.05, 4.69) is 12.2 Å². The van der Waals surface area contributed by atoms with Crippen molar-refractivity contribution in [3.63, 3.8) is 0 Å². The van der Waals surface area contributed by atoms with Crippen molar-refractivity contribution in [2.45, 2.75) is 18.9 Å². The van der Waals surface area contributed by atoms with Crippen molar-refractivity contribution in [1.82, 2.24) is 5.32 Å². The van der Waals surface area contributed by atoms with E-state index in [4.69, 9.17) is 4.74 Å². The van der Waals surface area contributed by atoms with Gasteiger partial charge in [-0.1, -0.05) is 13.3 Å². The van der Waals surface area contributed by atoms with Crippen molar-refractivity contribution in [3.05, 3.63) is 6.92 Å². The molecule has 1 atom stereocenters. The zero-order valence-corrected chi connectivity index (χ0v) is 5.73. The van der Waals surface area contributed by atoms with Crippen LogP contribution >= 0.6 is 0 Å². The van der Waals surface area contributed by atoms with Gasteiger partial charge in [-0.25, -0.2) is 0 Å². The highest BCUT2D eigenvalue weighted by atomic mass is 16.5. The number of morpholine rings is 1. The van der Waals surface area contributed by atoms with Gasteiger partial charge in [-0.3, -0.25) is 0 Å². The van der Waals surface area contributed by atoms with Gasteiger partial charge in [-0.15, -0.1) is 0 Å². The van der Waals surface area contributed by atoms with E-state index in [9.17, 15) is 0 Å². The SMILES string of the molecule is [CH2]CCC1COCCN1. The Kier molecular flexibility index (Phi) is 3.01. The summed E-state index contributed by atoms with van der Waals surface area (Å²) in [6.07, 6.45) is 2.14. The van der Waals surface area contributed by atoms with Crippen LogP contribution in [0.3, 0.4) is 0 Å². The molecule has 1 unspecified atom stereocenters. The Morgan fingerprint density at radius 3 is 3.11 bits per heavy atom. The molecule has 1 aliphatic rings. The fraction of sp³-hybridized carbons (Fsp3) is 0.857. The van der Waals surface area contributed by atoms with E-state index in [-0.39, 0.29) is 0 Å². The first kappa shape index (κ1) is 7.03. The monoisotopic (exact) mass is 128 g/mol. The Bertz CT molecular complexity index is 66.6. The molecular weight excluding hydrogens is 114 g/mol. The molecular formula is C7H14NO. The topological polar surface area (TPSA) is 21.3 Å². The number of hydrogen-bond donors (Lipinski definition) is 1. The van der Waals surface area contributed by atoms with Gasteiger partial charge >= 0.3 is 0 Å². The molecule has 1 aliphatic heterocycles. The van der Waals surface area contributed by atoms with Crippen molar-refractivity contribution in [2.75, 3.05) is 19.8 Å². The van der Waals surface area contributed by atoms with Gasteiger partial charge in [0.2, 0.25) is 0 Å². The van der Waals surface area contributed by atoms with Crippen LogP contribution in [-0.2, 0) is 4.74 Å². The van der Waals surface area contributed by atoms with Crippen LogP contribution in [0.1, 0.15) is 12.8 Å². The highest BCUT2D eigenvalue weighted by molar-refractivity contribution is 4.69. The standard InChI is InChI=1S/C7H14NO/c1-2-3-7-6-9-5-4-8-7/h7-8H,1-6H2. The summed E-state index contributed by atoms with van der Waals surface area (Å²) in [5.74, 6) is 0. The van der Waals surface area contributed by atoms with Gasteiger partial charge in [-0.2, -0.15) is 0 Å². The smallest absolute Gasteiger partial charge is 0.0620 e. The predicted octanol–water partition coefficient (Wildman–Crippen LogP) is 0.589. The van der Waals surface area contributed by atoms with Crippen molar-refractivity contribution in [2.24, 2.45) is 0 Å². The third-order valence-electron chi connectivity index (χ3n) is 1.55. The zero-order chi connectivity index (χ0) is 6.53. The second-order valence-corrected chi connectivity index (χ2v) is 2.37. The molecule has 2 nitrogen and oxygen atoms in total. The van der Waals surface area contributed by atoms with Crippen molar-refractivity contribution in [3.8, 4) is 0 Å². The van der Waals surface area contributed by atoms with Crippen LogP contribution in [-0.4, -0.2) is 25.8 Å². The second-order valence-electron chi connectivity index (χ2n) is 2.37. The van der Waals surface area contributed by atoms with E-state index in [0.717, 1.165) is 32.6 Å². The lowest BCUT2D eigenvalue weighted by molar-refractivity contribution is 0.0745. The Hall–Kier alpha value is -0.0800. The van der Waals surface area contributed by atoms with Gasteiger partial charge in [0.05, 0.1) is 13.2 Å². The first-order valence-corrected chi connectivity index (χ1v) is 3.54. The lowest BCUT2D eigenvalue weighted by atomic mass is 10.2. The number of hydrogen-bond acceptors (Lipinski definition) is 2. The van der Waals surface area contributed by atoms with Gasteiger partial charge in [0.1, 0.15) is 0 Å². The normalized spacial score (nSPS) is 28.3. The third-order valence-corrected chi connectivity index (χ3v) is 1.55. The second kappa shape index (κ2) is 3.85. The molecule has 1 rings (SSSR count). The first-order chi connectivity index (χ1) is 4.43. The molecule has 0 aromatic heterocycles. The number of nitrogens with one attached hydrogen (secondary N) is 1. The van der Waals surface area contributed by atoms with Crippen LogP contribution in [0.4, 0.5) is 0 Å². The quantitative estimate of drug-likeness (QED) is 0.587. The van der Waals surface area contributed by atoms with Crippen LogP contribution < -0.4 is 5.32 Å². The molecule has 1 N–H and O–H groups in total. The van der Waals surface area contributed by atoms with Gasteiger partial charge in [0, 0.05) is 12.6 Å². The average Bonchev–Trinajstić information content (AvgIpc) is 1.91. The molecule has 0 saturated carbocycles. The van der Waals surface area contributed by atoms with Crippen LogP contribution in [0.5, 0.6) is 0 Å². The lowest BCUT2D eigenvalue weighted by Gasteiger charge is -2.22. The molecule has 0 aliphatic carbocycles. The summed E-state index contributed by atoms with van der Waals surface area (Å²) in [5.41, 5.74) is 0. The Balaban J connectivity index is 2.08. The molecule has 0 aromatic rings. The van der Waals surface area contributed by atoms with Crippen molar-refractivity contribution < 1.29 is 4.74 Å². The number of ether oxygens (including phenoxy) is 1. The Labute approximate surface area is 56.6 Å². The molecule has 9 heavy (non-hydrogen) atoms. The maximum atomic E-state index is 5.24. The summed E-state index contributed by atoms with van der Waals surface area (Å²) in [6.45, 7) is 6.53. The summed E-state index contributed by atoms with van der Waals surface area (Å²) >= 11 is 0. The summed E-state index contributed by atoms with van der Waals surface area (Å²) in [6, 6.07) is 0.566. The zero-order valence-electron chi connectivity index (χ0n) is 5.73. The molecule has 1 heterocycles. The molecule has 2 heteroatoms. The molecule has 0 bridgehead atoms. The molecule has 0 amide bonds. The maximum absolute atomic E-state index is 5.24. The maximum Gasteiger partial charge on any atom is 0.0620 e. The predicted molar refractivity (Wildman–Crippen MR) is 37.2 cm³/mol. The van der Waals surface area contributed by atoms with E-state index in [1.54, 1.807) is 0 Å². The average molecular weight is 128 g/mol. The van der Waals surface area contributed by atoms with E-state index in [1.165, 1.54) is 0 Å². The summed E-state index contributed by atoms with van der Waals surface area (Å²) in [5, 5.41) is 3.36. The van der Waals surface area contributed by atoms with E-state index in [1.807, 2.05) is 0 Å². The highest BCUT2D eigenvalue weighted by Gasteiger charge is 2.10. The minimum atomic E-state index is 0.566. The summed E-state index contributed by atoms with van der Waals surface area (Å²) in [4.78, 5) is 0. The summed E-state index contributed by atoms with van der Waals surface area (Å²) in [7, 11) is 0. The Morgan fingerprint density at radius 1 is 1.67 bits per heavy atom. The molecule has 0 aromatic carbocycles. The minimum Gasteiger partial charge on any atom is -0.379 e. The van der Waals surface area contributed by atoms with Crippen molar-refractivity contribution >= 4 is 0 Å². The van der Waals surface area contributed by atoms with Gasteiger partial charge in [0.15, 0.2) is 0 Å². The van der Waals surface area contributed by atoms with E-state index < -0.39 is 0 Å². The summed E-state index contributed by atoms with van der Waals surface area (Å²) < 4.78 is 5.24. The number of rotatable bonds is 2. The molecule has 1 radical (unpaired) electrons. The first-order valence-electron chi connectivity index (χ1n) is 3.54. The fourth-order valence-corrected chi connectivity index (χ4v) is 1.05. The molecule has 0 spiro atoms. The Morgan fingerprint density at radius 2 is 2.56 bits per heavy atom. The lowest BCUT2D eigenvalue weighted by Crippen LogP contribution is -2.40. The van der Waals surface area contributed by atoms with Crippen LogP contribution in [0.2, 0.25) is 0 Å². The van der Waals surface area contributed by atoms with Gasteiger partial charge in [0.25, 0.3) is 0 Å². The van der Waals surface area contributed by atoms with Gasteiger partial charge in [-0.05, 0) is 6.42 Å². The molecule has 53 valence electrons.